The molecular formula is C14H19N5O2S. The third-order valence-corrected chi connectivity index (χ3v) is 6.79. The summed E-state index contributed by atoms with van der Waals surface area (Å²) in [6, 6.07) is 1.94. The van der Waals surface area contributed by atoms with E-state index < -0.39 is 10.0 Å². The number of fused-ring (bicyclic) bond motifs is 1. The van der Waals surface area contributed by atoms with Gasteiger partial charge in [-0.25, -0.2) is 22.2 Å². The van der Waals surface area contributed by atoms with E-state index in [1.165, 1.54) is 0 Å². The van der Waals surface area contributed by atoms with Crippen molar-refractivity contribution in [3.8, 4) is 0 Å². The monoisotopic (exact) mass is 321 g/mol. The van der Waals surface area contributed by atoms with Crippen LogP contribution in [-0.2, 0) is 10.0 Å². The van der Waals surface area contributed by atoms with E-state index in [1.54, 1.807) is 28.3 Å². The highest BCUT2D eigenvalue weighted by atomic mass is 32.2. The molecule has 0 atom stereocenters. The first kappa shape index (κ1) is 14.0. The molecule has 2 aromatic rings. The Balaban J connectivity index is 1.41. The summed E-state index contributed by atoms with van der Waals surface area (Å²) >= 11 is 0. The molecule has 0 spiro atoms. The van der Waals surface area contributed by atoms with Gasteiger partial charge in [-0.15, -0.1) is 0 Å². The maximum Gasteiger partial charge on any atom is 0.216 e. The molecule has 0 aromatic carbocycles. The topological polar surface area (TPSA) is 70.8 Å². The molecule has 0 bridgehead atoms. The second kappa shape index (κ2) is 4.92. The van der Waals surface area contributed by atoms with Crippen LogP contribution in [0.5, 0.6) is 0 Å². The molecule has 4 rings (SSSR count). The maximum atomic E-state index is 12.1. The highest BCUT2D eigenvalue weighted by molar-refractivity contribution is 7.90. The summed E-state index contributed by atoms with van der Waals surface area (Å²) in [6.07, 6.45) is 6.96. The van der Waals surface area contributed by atoms with Crippen LogP contribution in [0.25, 0.3) is 5.52 Å². The Morgan fingerprint density at radius 2 is 2.09 bits per heavy atom. The zero-order valence-corrected chi connectivity index (χ0v) is 13.3. The molecule has 1 saturated carbocycles. The van der Waals surface area contributed by atoms with Crippen LogP contribution in [0.15, 0.2) is 24.7 Å². The maximum absolute atomic E-state index is 12.1. The molecule has 22 heavy (non-hydrogen) atoms. The van der Waals surface area contributed by atoms with Gasteiger partial charge in [0.2, 0.25) is 10.0 Å². The smallest absolute Gasteiger partial charge is 0.216 e. The fraction of sp³-hybridized carbons (Fsp3) is 0.571. The number of nitrogens with zero attached hydrogens (tertiary/aromatic N) is 5. The normalized spacial score (nSPS) is 19.8. The lowest BCUT2D eigenvalue weighted by Crippen LogP contribution is -2.52. The van der Waals surface area contributed by atoms with Gasteiger partial charge in [0.25, 0.3) is 0 Å². The average Bonchev–Trinajstić information content (AvgIpc) is 3.20. The molecule has 3 heterocycles. The summed E-state index contributed by atoms with van der Waals surface area (Å²) in [5.41, 5.74) is 0.986. The Hall–Kier alpha value is -1.67. The first-order chi connectivity index (χ1) is 10.6. The molecule has 0 amide bonds. The fourth-order valence-electron chi connectivity index (χ4n) is 3.03. The van der Waals surface area contributed by atoms with Gasteiger partial charge in [0.15, 0.2) is 5.82 Å². The Kier molecular flexibility index (Phi) is 3.12. The summed E-state index contributed by atoms with van der Waals surface area (Å²) in [7, 11) is -1.36. The first-order valence-corrected chi connectivity index (χ1v) is 9.04. The summed E-state index contributed by atoms with van der Waals surface area (Å²) in [5, 5.41) is 4.08. The van der Waals surface area contributed by atoms with Crippen molar-refractivity contribution in [3.63, 3.8) is 0 Å². The lowest BCUT2D eigenvalue weighted by Gasteiger charge is -2.41. The van der Waals surface area contributed by atoms with Crippen LogP contribution >= 0.6 is 0 Å². The zero-order chi connectivity index (χ0) is 15.3. The molecule has 8 heteroatoms. The van der Waals surface area contributed by atoms with Gasteiger partial charge in [-0.1, -0.05) is 0 Å². The minimum absolute atomic E-state index is 0.129. The Morgan fingerprint density at radius 3 is 2.82 bits per heavy atom. The predicted octanol–water partition coefficient (Wildman–Crippen LogP) is 0.589. The van der Waals surface area contributed by atoms with Crippen molar-refractivity contribution in [3.05, 3.63) is 24.7 Å². The predicted molar refractivity (Wildman–Crippen MR) is 83.3 cm³/mol. The van der Waals surface area contributed by atoms with E-state index in [0.29, 0.717) is 12.5 Å². The van der Waals surface area contributed by atoms with Crippen LogP contribution in [-0.4, -0.2) is 59.3 Å². The van der Waals surface area contributed by atoms with E-state index in [2.05, 4.69) is 15.0 Å². The van der Waals surface area contributed by atoms with Crippen molar-refractivity contribution in [2.24, 2.45) is 5.92 Å². The largest absolute Gasteiger partial charge is 0.354 e. The van der Waals surface area contributed by atoms with E-state index >= 15 is 0 Å². The lowest BCUT2D eigenvalue weighted by atomic mass is 10.0. The van der Waals surface area contributed by atoms with Gasteiger partial charge in [-0.2, -0.15) is 5.10 Å². The molecule has 118 valence electrons. The minimum atomic E-state index is -3.06. The highest BCUT2D eigenvalue weighted by Gasteiger charge is 2.40. The third kappa shape index (κ3) is 2.26. The molecule has 2 fully saturated rings. The van der Waals surface area contributed by atoms with Crippen LogP contribution in [0.1, 0.15) is 12.8 Å². The van der Waals surface area contributed by atoms with Gasteiger partial charge in [-0.05, 0) is 18.9 Å². The van der Waals surface area contributed by atoms with Crippen molar-refractivity contribution in [2.75, 3.05) is 31.6 Å². The number of hydrogen-bond acceptors (Lipinski definition) is 5. The average molecular weight is 321 g/mol. The quantitative estimate of drug-likeness (QED) is 0.806. The summed E-state index contributed by atoms with van der Waals surface area (Å²) in [5.74, 6) is 1.28. The van der Waals surface area contributed by atoms with E-state index in [-0.39, 0.29) is 5.25 Å². The van der Waals surface area contributed by atoms with Gasteiger partial charge in [0.1, 0.15) is 5.52 Å². The molecule has 1 aliphatic carbocycles. The number of hydrogen-bond donors (Lipinski definition) is 0. The molecule has 0 unspecified atom stereocenters. The molecule has 7 nitrogen and oxygen atoms in total. The van der Waals surface area contributed by atoms with E-state index in [1.807, 2.05) is 12.3 Å². The van der Waals surface area contributed by atoms with Crippen LogP contribution in [0, 0.1) is 5.92 Å². The summed E-state index contributed by atoms with van der Waals surface area (Å²) in [6.45, 7) is 2.27. The SMILES string of the molecule is CN(CC1CN(c2nccn3nccc23)C1)S(=O)(=O)C1CC1. The van der Waals surface area contributed by atoms with Gasteiger partial charge < -0.3 is 4.90 Å². The van der Waals surface area contributed by atoms with Crippen LogP contribution in [0.3, 0.4) is 0 Å². The van der Waals surface area contributed by atoms with Gasteiger partial charge in [0.05, 0.1) is 11.4 Å². The first-order valence-electron chi connectivity index (χ1n) is 7.54. The van der Waals surface area contributed by atoms with E-state index in [4.69, 9.17) is 0 Å². The number of rotatable bonds is 5. The summed E-state index contributed by atoms with van der Waals surface area (Å²) in [4.78, 5) is 6.61. The molecule has 0 radical (unpaired) electrons. The van der Waals surface area contributed by atoms with Crippen LogP contribution in [0.2, 0.25) is 0 Å². The van der Waals surface area contributed by atoms with Crippen molar-refractivity contribution in [2.45, 2.75) is 18.1 Å². The van der Waals surface area contributed by atoms with Gasteiger partial charge in [-0.3, -0.25) is 0 Å². The molecular weight excluding hydrogens is 302 g/mol. The van der Waals surface area contributed by atoms with E-state index in [0.717, 1.165) is 37.3 Å². The molecule has 1 saturated heterocycles. The number of sulfonamides is 1. The van der Waals surface area contributed by atoms with Crippen molar-refractivity contribution in [1.82, 2.24) is 18.9 Å². The third-order valence-electron chi connectivity index (χ3n) is 4.46. The van der Waals surface area contributed by atoms with Crippen LogP contribution < -0.4 is 4.90 Å². The second-order valence-electron chi connectivity index (χ2n) is 6.21. The molecule has 0 N–H and O–H groups in total. The Morgan fingerprint density at radius 1 is 1.32 bits per heavy atom. The van der Waals surface area contributed by atoms with Crippen molar-refractivity contribution < 1.29 is 8.42 Å². The lowest BCUT2D eigenvalue weighted by molar-refractivity contribution is 0.326. The molecule has 2 aliphatic rings. The number of anilines is 1. The Labute approximate surface area is 129 Å². The minimum Gasteiger partial charge on any atom is -0.354 e. The van der Waals surface area contributed by atoms with Gasteiger partial charge in [0, 0.05) is 45.0 Å². The summed E-state index contributed by atoms with van der Waals surface area (Å²) < 4.78 is 27.6. The zero-order valence-electron chi connectivity index (χ0n) is 12.5. The molecule has 2 aromatic heterocycles. The standard InChI is InChI=1S/C14H19N5O2S/c1-17(22(20,21)12-2-3-12)8-11-9-18(10-11)14-13-4-5-16-19(13)7-6-15-14/h4-7,11-12H,2-3,8-10H2,1H3. The van der Waals surface area contributed by atoms with Crippen LogP contribution in [0.4, 0.5) is 5.82 Å². The number of aromatic nitrogens is 3. The second-order valence-corrected chi connectivity index (χ2v) is 8.53. The Bertz CT molecular complexity index is 792. The fourth-order valence-corrected chi connectivity index (χ4v) is 4.69. The van der Waals surface area contributed by atoms with Crippen molar-refractivity contribution in [1.29, 1.82) is 0 Å². The van der Waals surface area contributed by atoms with E-state index in [9.17, 15) is 8.42 Å². The van der Waals surface area contributed by atoms with Gasteiger partial charge >= 0.3 is 0 Å². The molecule has 1 aliphatic heterocycles. The van der Waals surface area contributed by atoms with Crippen molar-refractivity contribution >= 4 is 21.4 Å². The highest BCUT2D eigenvalue weighted by Crippen LogP contribution is 2.32.